The van der Waals surface area contributed by atoms with E-state index in [1.54, 1.807) is 5.57 Å². The van der Waals surface area contributed by atoms with Gasteiger partial charge in [0.2, 0.25) is 0 Å². The van der Waals surface area contributed by atoms with Crippen molar-refractivity contribution in [3.63, 3.8) is 0 Å². The molecule has 0 saturated heterocycles. The summed E-state index contributed by atoms with van der Waals surface area (Å²) in [6, 6.07) is 0. The smallest absolute Gasteiger partial charge is 0.0286 e. The summed E-state index contributed by atoms with van der Waals surface area (Å²) in [6.07, 6.45) is 7.71. The van der Waals surface area contributed by atoms with Crippen LogP contribution in [0, 0.1) is 18.8 Å². The van der Waals surface area contributed by atoms with E-state index in [0.29, 0.717) is 0 Å². The maximum Gasteiger partial charge on any atom is -0.0286 e. The van der Waals surface area contributed by atoms with E-state index in [1.165, 1.54) is 19.3 Å². The lowest BCUT2D eigenvalue weighted by Gasteiger charge is -2.15. The van der Waals surface area contributed by atoms with Crippen LogP contribution in [0.2, 0.25) is 0 Å². The Kier molecular flexibility index (Phi) is 1.14. The first-order valence-electron chi connectivity index (χ1n) is 3.87. The van der Waals surface area contributed by atoms with Crippen molar-refractivity contribution in [2.24, 2.45) is 11.8 Å². The van der Waals surface area contributed by atoms with Gasteiger partial charge in [-0.15, -0.1) is 0 Å². The van der Waals surface area contributed by atoms with Crippen molar-refractivity contribution in [3.8, 4) is 0 Å². The van der Waals surface area contributed by atoms with E-state index in [1.807, 2.05) is 0 Å². The molecule has 0 amide bonds. The zero-order valence-electron chi connectivity index (χ0n) is 5.77. The third-order valence-electron chi connectivity index (χ3n) is 2.80. The van der Waals surface area contributed by atoms with Gasteiger partial charge in [-0.2, -0.15) is 0 Å². The number of rotatable bonds is 1. The molecule has 2 rings (SSSR count). The summed E-state index contributed by atoms with van der Waals surface area (Å²) in [4.78, 5) is 0. The van der Waals surface area contributed by atoms with E-state index >= 15 is 0 Å². The molecular formula is C9H13. The first kappa shape index (κ1) is 5.52. The summed E-state index contributed by atoms with van der Waals surface area (Å²) in [5.74, 6) is 1.95. The highest BCUT2D eigenvalue weighted by atomic mass is 14.4. The van der Waals surface area contributed by atoms with Gasteiger partial charge in [0.25, 0.3) is 0 Å². The van der Waals surface area contributed by atoms with Gasteiger partial charge in [-0.3, -0.25) is 0 Å². The van der Waals surface area contributed by atoms with Gasteiger partial charge in [-0.05, 0) is 37.5 Å². The summed E-state index contributed by atoms with van der Waals surface area (Å²) >= 11 is 0. The van der Waals surface area contributed by atoms with Gasteiger partial charge in [0, 0.05) is 0 Å². The number of hydrogen-bond donors (Lipinski definition) is 0. The van der Waals surface area contributed by atoms with Crippen molar-refractivity contribution in [3.05, 3.63) is 18.6 Å². The fourth-order valence-corrected chi connectivity index (χ4v) is 2.19. The largest absolute Gasteiger partial charge is 0.0850 e. The van der Waals surface area contributed by atoms with Crippen LogP contribution in [0.4, 0.5) is 0 Å². The molecule has 0 aliphatic heterocycles. The molecule has 0 heterocycles. The van der Waals surface area contributed by atoms with Gasteiger partial charge >= 0.3 is 0 Å². The van der Waals surface area contributed by atoms with Gasteiger partial charge in [-0.1, -0.05) is 18.6 Å². The van der Waals surface area contributed by atoms with E-state index in [2.05, 4.69) is 13.0 Å². The molecule has 0 aromatic carbocycles. The van der Waals surface area contributed by atoms with Crippen LogP contribution >= 0.6 is 0 Å². The lowest BCUT2D eigenvalue weighted by atomic mass is 9.90. The van der Waals surface area contributed by atoms with Crippen LogP contribution in [0.1, 0.15) is 25.7 Å². The number of hydrogen-bond acceptors (Lipinski definition) is 0. The van der Waals surface area contributed by atoms with Crippen molar-refractivity contribution in [2.45, 2.75) is 25.7 Å². The summed E-state index contributed by atoms with van der Waals surface area (Å²) in [5.41, 5.74) is 1.72. The minimum absolute atomic E-state index is 0.949. The molecular weight excluding hydrogens is 108 g/mol. The van der Waals surface area contributed by atoms with Crippen LogP contribution in [0.25, 0.3) is 0 Å². The Hall–Kier alpha value is -0.260. The monoisotopic (exact) mass is 121 g/mol. The Morgan fingerprint density at radius 1 is 1.56 bits per heavy atom. The van der Waals surface area contributed by atoms with Crippen LogP contribution < -0.4 is 0 Å². The zero-order chi connectivity index (χ0) is 6.27. The molecule has 0 N–H and O–H groups in total. The Balaban J connectivity index is 2.12. The van der Waals surface area contributed by atoms with Crippen molar-refractivity contribution in [1.29, 1.82) is 0 Å². The lowest BCUT2D eigenvalue weighted by Crippen LogP contribution is -2.05. The zero-order valence-corrected chi connectivity index (χ0v) is 5.77. The quantitative estimate of drug-likeness (QED) is 0.468. The first-order chi connectivity index (χ1) is 4.40. The maximum absolute atomic E-state index is 3.96. The predicted octanol–water partition coefficient (Wildman–Crippen LogP) is 2.57. The SMILES string of the molecule is [CH2]CC1CC2=CCC1C2. The highest BCUT2D eigenvalue weighted by molar-refractivity contribution is 5.18. The average Bonchev–Trinajstić information content (AvgIpc) is 2.45. The molecule has 1 saturated carbocycles. The Morgan fingerprint density at radius 3 is 2.78 bits per heavy atom. The molecule has 0 nitrogen and oxygen atoms in total. The van der Waals surface area contributed by atoms with Gasteiger partial charge in [0.15, 0.2) is 0 Å². The predicted molar refractivity (Wildman–Crippen MR) is 38.9 cm³/mol. The number of fused-ring (bicyclic) bond motifs is 2. The van der Waals surface area contributed by atoms with Crippen molar-refractivity contribution >= 4 is 0 Å². The molecule has 0 spiro atoms. The van der Waals surface area contributed by atoms with Crippen LogP contribution in [0.5, 0.6) is 0 Å². The third kappa shape index (κ3) is 0.726. The third-order valence-corrected chi connectivity index (χ3v) is 2.80. The van der Waals surface area contributed by atoms with Crippen LogP contribution in [0.3, 0.4) is 0 Å². The van der Waals surface area contributed by atoms with Gasteiger partial charge in [0.05, 0.1) is 0 Å². The minimum atomic E-state index is 0.949. The van der Waals surface area contributed by atoms with Crippen LogP contribution in [-0.2, 0) is 0 Å². The first-order valence-corrected chi connectivity index (χ1v) is 3.87. The highest BCUT2D eigenvalue weighted by Crippen LogP contribution is 2.45. The molecule has 2 atom stereocenters. The van der Waals surface area contributed by atoms with Gasteiger partial charge in [-0.25, -0.2) is 0 Å². The molecule has 1 radical (unpaired) electrons. The lowest BCUT2D eigenvalue weighted by molar-refractivity contribution is 0.393. The van der Waals surface area contributed by atoms with Crippen molar-refractivity contribution in [2.75, 3.05) is 0 Å². The molecule has 49 valence electrons. The molecule has 2 aliphatic carbocycles. The molecule has 0 aromatic heterocycles. The molecule has 2 aliphatic rings. The second-order valence-corrected chi connectivity index (χ2v) is 3.32. The summed E-state index contributed by atoms with van der Waals surface area (Å²) in [7, 11) is 0. The van der Waals surface area contributed by atoms with Crippen molar-refractivity contribution in [1.82, 2.24) is 0 Å². The van der Waals surface area contributed by atoms with E-state index in [0.717, 1.165) is 18.3 Å². The molecule has 0 heteroatoms. The maximum atomic E-state index is 3.96. The molecule has 0 aromatic rings. The Morgan fingerprint density at radius 2 is 2.44 bits per heavy atom. The van der Waals surface area contributed by atoms with Gasteiger partial charge in [0.1, 0.15) is 0 Å². The van der Waals surface area contributed by atoms with Gasteiger partial charge < -0.3 is 0 Å². The topological polar surface area (TPSA) is 0 Å². The Bertz CT molecular complexity index is 144. The minimum Gasteiger partial charge on any atom is -0.0850 e. The second kappa shape index (κ2) is 1.86. The molecule has 9 heavy (non-hydrogen) atoms. The Labute approximate surface area is 57.0 Å². The highest BCUT2D eigenvalue weighted by Gasteiger charge is 2.32. The van der Waals surface area contributed by atoms with Crippen molar-refractivity contribution < 1.29 is 0 Å². The number of allylic oxidation sites excluding steroid dienone is 2. The standard InChI is InChI=1S/C9H13/c1-2-8-5-7-3-4-9(8)6-7/h3,8-9H,1-2,4-6H2. The average molecular weight is 121 g/mol. The summed E-state index contributed by atoms with van der Waals surface area (Å²) in [5, 5.41) is 0. The van der Waals surface area contributed by atoms with E-state index in [4.69, 9.17) is 0 Å². The summed E-state index contributed by atoms with van der Waals surface area (Å²) in [6.45, 7) is 3.96. The van der Waals surface area contributed by atoms with Crippen LogP contribution in [-0.4, -0.2) is 0 Å². The second-order valence-electron chi connectivity index (χ2n) is 3.32. The fourth-order valence-electron chi connectivity index (χ4n) is 2.19. The van der Waals surface area contributed by atoms with E-state index in [-0.39, 0.29) is 0 Å². The molecule has 1 fully saturated rings. The summed E-state index contributed by atoms with van der Waals surface area (Å²) < 4.78 is 0. The molecule has 2 bridgehead atoms. The normalized spacial score (nSPS) is 39.4. The van der Waals surface area contributed by atoms with E-state index in [9.17, 15) is 0 Å². The van der Waals surface area contributed by atoms with E-state index < -0.39 is 0 Å². The molecule has 2 unspecified atom stereocenters. The van der Waals surface area contributed by atoms with Crippen LogP contribution in [0.15, 0.2) is 11.6 Å². The fraction of sp³-hybridized carbons (Fsp3) is 0.667.